The van der Waals surface area contributed by atoms with Gasteiger partial charge in [0.2, 0.25) is 0 Å². The summed E-state index contributed by atoms with van der Waals surface area (Å²) in [5.41, 5.74) is 3.76. The summed E-state index contributed by atoms with van der Waals surface area (Å²) in [6, 6.07) is 9.35. The van der Waals surface area contributed by atoms with E-state index >= 15 is 0 Å². The molecule has 0 radical (unpaired) electrons. The van der Waals surface area contributed by atoms with E-state index in [-0.39, 0.29) is 0 Å². The molecule has 1 saturated heterocycles. The lowest BCUT2D eigenvalue weighted by atomic mass is 9.91. The van der Waals surface area contributed by atoms with Gasteiger partial charge in [0.05, 0.1) is 6.20 Å². The summed E-state index contributed by atoms with van der Waals surface area (Å²) < 4.78 is 0. The molecule has 0 unspecified atom stereocenters. The monoisotopic (exact) mass is 241 g/mol. The third-order valence-electron chi connectivity index (χ3n) is 3.81. The maximum Gasteiger partial charge on any atom is 0.0565 e. The van der Waals surface area contributed by atoms with Crippen LogP contribution in [-0.4, -0.2) is 16.7 Å². The Morgan fingerprint density at radius 1 is 1.11 bits per heavy atom. The number of rotatable bonds is 2. The SMILES string of the molecule is C[C@H]1CC[C@H](c2ccc(-c3cn[nH]c3)cc2)NC1. The number of hydrogen-bond acceptors (Lipinski definition) is 2. The van der Waals surface area contributed by atoms with Gasteiger partial charge in [-0.1, -0.05) is 31.2 Å². The second-order valence-electron chi connectivity index (χ2n) is 5.25. The van der Waals surface area contributed by atoms with Crippen LogP contribution in [0.3, 0.4) is 0 Å². The lowest BCUT2D eigenvalue weighted by molar-refractivity contribution is 0.333. The zero-order chi connectivity index (χ0) is 12.4. The number of H-pyrrole nitrogens is 1. The molecule has 0 amide bonds. The summed E-state index contributed by atoms with van der Waals surface area (Å²) in [4.78, 5) is 0. The minimum atomic E-state index is 0.527. The van der Waals surface area contributed by atoms with Gasteiger partial charge >= 0.3 is 0 Å². The first kappa shape index (κ1) is 11.5. The van der Waals surface area contributed by atoms with E-state index in [0.29, 0.717) is 6.04 Å². The molecule has 1 aliphatic rings. The Balaban J connectivity index is 1.75. The summed E-state index contributed by atoms with van der Waals surface area (Å²) in [6.07, 6.45) is 6.35. The van der Waals surface area contributed by atoms with Crippen molar-refractivity contribution in [1.29, 1.82) is 0 Å². The van der Waals surface area contributed by atoms with E-state index in [1.165, 1.54) is 24.0 Å². The molecule has 2 atom stereocenters. The molecule has 1 aromatic heterocycles. The Bertz CT molecular complexity index is 479. The molecular weight excluding hydrogens is 222 g/mol. The van der Waals surface area contributed by atoms with E-state index in [2.05, 4.69) is 46.7 Å². The first-order valence-corrected chi connectivity index (χ1v) is 6.65. The van der Waals surface area contributed by atoms with E-state index < -0.39 is 0 Å². The Morgan fingerprint density at radius 2 is 1.94 bits per heavy atom. The van der Waals surface area contributed by atoms with Gasteiger partial charge in [0, 0.05) is 17.8 Å². The van der Waals surface area contributed by atoms with Crippen molar-refractivity contribution in [3.05, 3.63) is 42.2 Å². The normalized spacial score (nSPS) is 24.1. The fourth-order valence-electron chi connectivity index (χ4n) is 2.60. The highest BCUT2D eigenvalue weighted by Gasteiger charge is 2.18. The van der Waals surface area contributed by atoms with Crippen molar-refractivity contribution in [1.82, 2.24) is 15.5 Å². The lowest BCUT2D eigenvalue weighted by Gasteiger charge is -2.28. The van der Waals surface area contributed by atoms with Crippen LogP contribution in [0.1, 0.15) is 31.4 Å². The number of aromatic nitrogens is 2. The van der Waals surface area contributed by atoms with E-state index in [1.807, 2.05) is 12.4 Å². The van der Waals surface area contributed by atoms with Crippen LogP contribution < -0.4 is 5.32 Å². The van der Waals surface area contributed by atoms with Crippen LogP contribution in [0.15, 0.2) is 36.7 Å². The third kappa shape index (κ3) is 2.31. The highest BCUT2D eigenvalue weighted by molar-refractivity contribution is 5.61. The van der Waals surface area contributed by atoms with E-state index in [0.717, 1.165) is 18.0 Å². The van der Waals surface area contributed by atoms with Gasteiger partial charge < -0.3 is 5.32 Å². The first-order chi connectivity index (χ1) is 8.83. The van der Waals surface area contributed by atoms with Gasteiger partial charge in [-0.3, -0.25) is 5.10 Å². The predicted molar refractivity (Wildman–Crippen MR) is 73.2 cm³/mol. The van der Waals surface area contributed by atoms with Crippen molar-refractivity contribution >= 4 is 0 Å². The zero-order valence-corrected chi connectivity index (χ0v) is 10.7. The van der Waals surface area contributed by atoms with Gasteiger partial charge in [-0.2, -0.15) is 5.10 Å². The maximum atomic E-state index is 3.98. The van der Waals surface area contributed by atoms with Crippen molar-refractivity contribution in [3.8, 4) is 11.1 Å². The average Bonchev–Trinajstić information content (AvgIpc) is 2.94. The Morgan fingerprint density at radius 3 is 2.56 bits per heavy atom. The van der Waals surface area contributed by atoms with Crippen LogP contribution in [0.25, 0.3) is 11.1 Å². The number of nitrogens with zero attached hydrogens (tertiary/aromatic N) is 1. The number of benzene rings is 1. The van der Waals surface area contributed by atoms with Crippen LogP contribution in [0.4, 0.5) is 0 Å². The van der Waals surface area contributed by atoms with Crippen LogP contribution >= 0.6 is 0 Å². The van der Waals surface area contributed by atoms with Crippen LogP contribution in [0.2, 0.25) is 0 Å². The molecular formula is C15H19N3. The van der Waals surface area contributed by atoms with Gasteiger partial charge in [-0.05, 0) is 36.4 Å². The number of nitrogens with one attached hydrogen (secondary N) is 2. The third-order valence-corrected chi connectivity index (χ3v) is 3.81. The first-order valence-electron chi connectivity index (χ1n) is 6.65. The van der Waals surface area contributed by atoms with Crippen LogP contribution in [-0.2, 0) is 0 Å². The minimum Gasteiger partial charge on any atom is -0.310 e. The number of piperidine rings is 1. The molecule has 3 rings (SSSR count). The molecule has 0 bridgehead atoms. The molecule has 2 N–H and O–H groups in total. The topological polar surface area (TPSA) is 40.7 Å². The molecule has 3 nitrogen and oxygen atoms in total. The smallest absolute Gasteiger partial charge is 0.0565 e. The predicted octanol–water partition coefficient (Wildman–Crippen LogP) is 3.14. The Labute approximate surface area is 108 Å². The Hall–Kier alpha value is -1.61. The second-order valence-corrected chi connectivity index (χ2v) is 5.25. The van der Waals surface area contributed by atoms with Gasteiger partial charge in [0.1, 0.15) is 0 Å². The molecule has 18 heavy (non-hydrogen) atoms. The van der Waals surface area contributed by atoms with E-state index in [1.54, 1.807) is 0 Å². The van der Waals surface area contributed by atoms with Gasteiger partial charge in [-0.25, -0.2) is 0 Å². The fourth-order valence-corrected chi connectivity index (χ4v) is 2.60. The largest absolute Gasteiger partial charge is 0.310 e. The molecule has 2 aromatic rings. The molecule has 2 heterocycles. The maximum absolute atomic E-state index is 3.98. The lowest BCUT2D eigenvalue weighted by Crippen LogP contribution is -2.31. The molecule has 0 saturated carbocycles. The van der Waals surface area contributed by atoms with Crippen LogP contribution in [0, 0.1) is 5.92 Å². The molecule has 1 aliphatic heterocycles. The summed E-state index contributed by atoms with van der Waals surface area (Å²) >= 11 is 0. The molecule has 1 aromatic carbocycles. The summed E-state index contributed by atoms with van der Waals surface area (Å²) in [5, 5.41) is 10.5. The van der Waals surface area contributed by atoms with E-state index in [9.17, 15) is 0 Å². The summed E-state index contributed by atoms with van der Waals surface area (Å²) in [5.74, 6) is 0.812. The molecule has 94 valence electrons. The fraction of sp³-hybridized carbons (Fsp3) is 0.400. The zero-order valence-electron chi connectivity index (χ0n) is 10.7. The number of aromatic amines is 1. The van der Waals surface area contributed by atoms with Gasteiger partial charge in [0.15, 0.2) is 0 Å². The average molecular weight is 241 g/mol. The highest BCUT2D eigenvalue weighted by atomic mass is 15.1. The molecule has 0 spiro atoms. The molecule has 0 aliphatic carbocycles. The Kier molecular flexibility index (Phi) is 3.15. The molecule has 3 heteroatoms. The van der Waals surface area contributed by atoms with Crippen molar-refractivity contribution < 1.29 is 0 Å². The molecule has 1 fully saturated rings. The summed E-state index contributed by atoms with van der Waals surface area (Å²) in [6.45, 7) is 3.44. The minimum absolute atomic E-state index is 0.527. The van der Waals surface area contributed by atoms with Gasteiger partial charge in [-0.15, -0.1) is 0 Å². The van der Waals surface area contributed by atoms with Crippen molar-refractivity contribution in [2.45, 2.75) is 25.8 Å². The van der Waals surface area contributed by atoms with Crippen molar-refractivity contribution in [2.24, 2.45) is 5.92 Å². The second kappa shape index (κ2) is 4.94. The van der Waals surface area contributed by atoms with Crippen molar-refractivity contribution in [2.75, 3.05) is 6.54 Å². The van der Waals surface area contributed by atoms with E-state index in [4.69, 9.17) is 0 Å². The van der Waals surface area contributed by atoms with Gasteiger partial charge in [0.25, 0.3) is 0 Å². The standard InChI is InChI=1S/C15H19N3/c1-11-2-7-15(16-8-11)13-5-3-12(4-6-13)14-9-17-18-10-14/h3-6,9-11,15-16H,2,7-8H2,1H3,(H,17,18)/t11-,15+/m0/s1. The van der Waals surface area contributed by atoms with Crippen LogP contribution in [0.5, 0.6) is 0 Å². The van der Waals surface area contributed by atoms with Crippen molar-refractivity contribution in [3.63, 3.8) is 0 Å². The number of hydrogen-bond donors (Lipinski definition) is 2. The highest BCUT2D eigenvalue weighted by Crippen LogP contribution is 2.27. The summed E-state index contributed by atoms with van der Waals surface area (Å²) in [7, 11) is 0. The quantitative estimate of drug-likeness (QED) is 0.848.